The van der Waals surface area contributed by atoms with Crippen molar-refractivity contribution in [2.24, 2.45) is 5.92 Å². The molecule has 2 aromatic heterocycles. The van der Waals surface area contributed by atoms with Gasteiger partial charge in [-0.1, -0.05) is 6.92 Å². The first-order valence-electron chi connectivity index (χ1n) is 18.6. The van der Waals surface area contributed by atoms with Gasteiger partial charge in [0, 0.05) is 62.1 Å². The maximum atomic E-state index is 12.9. The molecule has 22 nitrogen and oxygen atoms in total. The van der Waals surface area contributed by atoms with Gasteiger partial charge >= 0.3 is 17.9 Å². The molecular formula is C37H43N9O13S. The van der Waals surface area contributed by atoms with Gasteiger partial charge < -0.3 is 37.0 Å². The first-order chi connectivity index (χ1) is 28.4. The Morgan fingerprint density at radius 3 is 2.25 bits per heavy atom. The number of hydrogen-bond donors (Lipinski definition) is 8. The van der Waals surface area contributed by atoms with Gasteiger partial charge in [0.1, 0.15) is 23.7 Å². The van der Waals surface area contributed by atoms with Gasteiger partial charge in [-0.05, 0) is 37.1 Å². The molecule has 60 heavy (non-hydrogen) atoms. The topological polar surface area (TPSA) is 351 Å². The Kier molecular flexibility index (Phi) is 16.3. The molecule has 4 rings (SSSR count). The number of nitrogens with two attached hydrogens (primary N) is 1. The lowest BCUT2D eigenvalue weighted by atomic mass is 9.94. The third-order valence-electron chi connectivity index (χ3n) is 9.27. The fourth-order valence-corrected chi connectivity index (χ4v) is 7.05. The number of carbonyl (C=O) groups excluding carboxylic acids is 6. The molecule has 4 atom stereocenters. The summed E-state index contributed by atoms with van der Waals surface area (Å²) in [5, 5.41) is 35.8. The van der Waals surface area contributed by atoms with Crippen LogP contribution in [0.2, 0.25) is 0 Å². The number of aromatic amines is 1. The Balaban J connectivity index is 1.21. The van der Waals surface area contributed by atoms with Crippen molar-refractivity contribution in [2.75, 3.05) is 23.3 Å². The van der Waals surface area contributed by atoms with Gasteiger partial charge in [-0.15, -0.1) is 11.8 Å². The number of Topliss-reactive ketones (excluding diaryl/α,β-unsaturated/α-hetero) is 2. The zero-order valence-electron chi connectivity index (χ0n) is 32.2. The molecule has 4 amide bonds. The molecule has 0 aliphatic carbocycles. The number of H-pyrrole nitrogens is 1. The molecular weight excluding hydrogens is 811 g/mol. The zero-order chi connectivity index (χ0) is 44.1. The number of thioether (sulfide) groups is 1. The van der Waals surface area contributed by atoms with Crippen molar-refractivity contribution in [3.8, 4) is 0 Å². The highest BCUT2D eigenvalue weighted by molar-refractivity contribution is 8.00. The highest BCUT2D eigenvalue weighted by Crippen LogP contribution is 2.26. The van der Waals surface area contributed by atoms with Gasteiger partial charge in [-0.2, -0.15) is 4.98 Å². The number of benzene rings is 1. The minimum Gasteiger partial charge on any atom is -0.481 e. The number of carboxylic acids is 3. The fourth-order valence-electron chi connectivity index (χ4n) is 5.87. The Bertz CT molecular complexity index is 2220. The number of fused-ring (bicyclic) bond motifs is 1. The van der Waals surface area contributed by atoms with Gasteiger partial charge in [-0.3, -0.25) is 48.2 Å². The summed E-state index contributed by atoms with van der Waals surface area (Å²) >= 11 is 0.852. The van der Waals surface area contributed by atoms with E-state index >= 15 is 0 Å². The maximum Gasteiger partial charge on any atom is 0.327 e. The molecule has 320 valence electrons. The SMILES string of the molecule is CCC(=O)CCN1C(=O)CC(SCC(NC(=O)CCC(CC(=O)CCC(NC(=O)c2ccc(NCc3cnc4nc(N)[nH]c(=O)c4n3)cc2)C(=O)O)C(=O)O)C(=O)O)C1=O. The van der Waals surface area contributed by atoms with Gasteiger partial charge in [0.25, 0.3) is 11.5 Å². The van der Waals surface area contributed by atoms with Crippen LogP contribution in [0.15, 0.2) is 35.3 Å². The minimum absolute atomic E-state index is 0.000645. The molecule has 3 heterocycles. The van der Waals surface area contributed by atoms with Crippen molar-refractivity contribution < 1.29 is 58.5 Å². The molecule has 3 aromatic rings. The third-order valence-corrected chi connectivity index (χ3v) is 10.6. The summed E-state index contributed by atoms with van der Waals surface area (Å²) in [7, 11) is 0. The molecule has 0 saturated carbocycles. The molecule has 23 heteroatoms. The van der Waals surface area contributed by atoms with Crippen molar-refractivity contribution in [1.82, 2.24) is 35.5 Å². The number of nitrogens with one attached hydrogen (secondary N) is 4. The molecule has 1 aliphatic rings. The van der Waals surface area contributed by atoms with Crippen LogP contribution in [-0.2, 0) is 44.9 Å². The number of carbonyl (C=O) groups is 9. The van der Waals surface area contributed by atoms with Crippen LogP contribution in [0.3, 0.4) is 0 Å². The van der Waals surface area contributed by atoms with Crippen LogP contribution >= 0.6 is 11.8 Å². The highest BCUT2D eigenvalue weighted by atomic mass is 32.2. The van der Waals surface area contributed by atoms with Gasteiger partial charge in [-0.25, -0.2) is 19.6 Å². The van der Waals surface area contributed by atoms with E-state index in [0.29, 0.717) is 11.4 Å². The predicted octanol–water partition coefficient (Wildman–Crippen LogP) is 0.110. The molecule has 0 bridgehead atoms. The van der Waals surface area contributed by atoms with Crippen LogP contribution in [0.1, 0.15) is 74.3 Å². The fraction of sp³-hybridized carbons (Fsp3) is 0.432. The van der Waals surface area contributed by atoms with Gasteiger partial charge in [0.2, 0.25) is 23.7 Å². The van der Waals surface area contributed by atoms with E-state index in [4.69, 9.17) is 5.73 Å². The average molecular weight is 854 g/mol. The molecule has 1 aliphatic heterocycles. The van der Waals surface area contributed by atoms with E-state index in [1.165, 1.54) is 18.3 Å². The minimum atomic E-state index is -1.51. The average Bonchev–Trinajstić information content (AvgIpc) is 3.48. The maximum absolute atomic E-state index is 12.9. The second-order valence-corrected chi connectivity index (χ2v) is 14.9. The van der Waals surface area contributed by atoms with E-state index in [1.807, 2.05) is 0 Å². The van der Waals surface area contributed by atoms with E-state index in [0.717, 1.165) is 16.7 Å². The second-order valence-electron chi connectivity index (χ2n) is 13.6. The summed E-state index contributed by atoms with van der Waals surface area (Å²) in [6, 6.07) is 2.92. The number of ketones is 2. The second kappa shape index (κ2) is 21.3. The summed E-state index contributed by atoms with van der Waals surface area (Å²) in [5.74, 6) is -9.49. The smallest absolute Gasteiger partial charge is 0.327 e. The molecule has 0 spiro atoms. The highest BCUT2D eigenvalue weighted by Gasteiger charge is 2.39. The number of anilines is 2. The number of rotatable bonds is 24. The first-order valence-corrected chi connectivity index (χ1v) is 19.6. The van der Waals surface area contributed by atoms with E-state index in [1.54, 1.807) is 19.1 Å². The summed E-state index contributed by atoms with van der Waals surface area (Å²) in [6.07, 6.45) is -0.727. The Hall–Kier alpha value is -6.78. The van der Waals surface area contributed by atoms with E-state index < -0.39 is 95.4 Å². The molecule has 1 saturated heterocycles. The summed E-state index contributed by atoms with van der Waals surface area (Å²) in [6.45, 7) is 1.72. The summed E-state index contributed by atoms with van der Waals surface area (Å²) in [5.41, 5.74) is 6.09. The van der Waals surface area contributed by atoms with Crippen molar-refractivity contribution >= 4 is 87.7 Å². The number of imide groups is 1. The van der Waals surface area contributed by atoms with Gasteiger partial charge in [0.05, 0.1) is 29.6 Å². The number of aliphatic carboxylic acids is 3. The predicted molar refractivity (Wildman–Crippen MR) is 211 cm³/mol. The number of carboxylic acid groups (broad SMARTS) is 3. The molecule has 1 fully saturated rings. The van der Waals surface area contributed by atoms with Crippen LogP contribution in [0.5, 0.6) is 0 Å². The largest absolute Gasteiger partial charge is 0.481 e. The van der Waals surface area contributed by atoms with Crippen LogP contribution in [0, 0.1) is 5.92 Å². The summed E-state index contributed by atoms with van der Waals surface area (Å²) in [4.78, 5) is 138. The first kappa shape index (κ1) is 45.9. The van der Waals surface area contributed by atoms with Crippen molar-refractivity contribution in [1.29, 1.82) is 0 Å². The normalized spacial score (nSPS) is 15.2. The molecule has 0 radical (unpaired) electrons. The number of nitrogens with zero attached hydrogens (tertiary/aromatic N) is 4. The monoisotopic (exact) mass is 853 g/mol. The van der Waals surface area contributed by atoms with Gasteiger partial charge in [0.15, 0.2) is 11.2 Å². The van der Waals surface area contributed by atoms with E-state index in [2.05, 4.69) is 35.9 Å². The zero-order valence-corrected chi connectivity index (χ0v) is 33.0. The third kappa shape index (κ3) is 13.1. The Labute approximate surface area is 344 Å². The lowest BCUT2D eigenvalue weighted by Crippen LogP contribution is -2.43. The number of aromatic nitrogens is 4. The summed E-state index contributed by atoms with van der Waals surface area (Å²) < 4.78 is 0. The Morgan fingerprint density at radius 2 is 1.60 bits per heavy atom. The number of hydrogen-bond acceptors (Lipinski definition) is 16. The van der Waals surface area contributed by atoms with Crippen LogP contribution in [0.25, 0.3) is 11.2 Å². The van der Waals surface area contributed by atoms with Crippen LogP contribution in [-0.4, -0.2) is 123 Å². The van der Waals surface area contributed by atoms with Crippen molar-refractivity contribution in [3.05, 3.63) is 52.1 Å². The molecule has 1 aromatic carbocycles. The molecule has 9 N–H and O–H groups in total. The number of amides is 4. The van der Waals surface area contributed by atoms with E-state index in [9.17, 15) is 63.3 Å². The number of likely N-dealkylation sites (tertiary alicyclic amines) is 1. The Morgan fingerprint density at radius 1 is 0.900 bits per heavy atom. The standard InChI is InChI=1S/C37H43N9O13S/c1-2-22(47)11-12-46-28(50)14-26(33(46)53)60-17-25(36(58)59)42-27(49)10-5-19(34(54)55)13-23(48)8-9-24(35(56)57)43-31(51)18-3-6-20(7-4-18)39-15-21-16-40-30-29(41-21)32(52)45-37(38)44-30/h3-4,6-7,16,19,24-26,39H,2,5,8-15,17H2,1H3,(H,42,49)(H,43,51)(H,54,55)(H,56,57)(H,58,59)(H3,38,40,44,45,52). The van der Waals surface area contributed by atoms with Crippen molar-refractivity contribution in [3.63, 3.8) is 0 Å². The quantitative estimate of drug-likeness (QED) is 0.0554. The lowest BCUT2D eigenvalue weighted by Gasteiger charge is -2.18. The molecule has 4 unspecified atom stereocenters. The van der Waals surface area contributed by atoms with Crippen LogP contribution < -0.4 is 27.2 Å². The van der Waals surface area contributed by atoms with E-state index in [-0.39, 0.29) is 79.4 Å². The van der Waals surface area contributed by atoms with Crippen molar-refractivity contribution in [2.45, 2.75) is 82.2 Å². The lowest BCUT2D eigenvalue weighted by molar-refractivity contribution is -0.145. The number of nitrogen functional groups attached to an aromatic ring is 1. The van der Waals surface area contributed by atoms with Crippen LogP contribution in [0.4, 0.5) is 11.6 Å².